The Balaban J connectivity index is 3.11. The Bertz CT molecular complexity index is 345. The van der Waals surface area contributed by atoms with E-state index < -0.39 is 0 Å². The highest BCUT2D eigenvalue weighted by atomic mass is 16.5. The molecule has 0 fully saturated rings. The number of ether oxygens (including phenoxy) is 1. The molecule has 0 aromatic heterocycles. The van der Waals surface area contributed by atoms with Gasteiger partial charge in [0.25, 0.3) is 0 Å². The van der Waals surface area contributed by atoms with Crippen molar-refractivity contribution >= 4 is 0 Å². The van der Waals surface area contributed by atoms with E-state index in [4.69, 9.17) is 4.74 Å². The maximum Gasteiger partial charge on any atom is 0.122 e. The van der Waals surface area contributed by atoms with Gasteiger partial charge in [-0.2, -0.15) is 0 Å². The Labute approximate surface area is 92.6 Å². The molecule has 2 heteroatoms. The lowest BCUT2D eigenvalue weighted by Crippen LogP contribution is -2.12. The minimum atomic E-state index is 0.998. The highest BCUT2D eigenvalue weighted by Gasteiger charge is 2.09. The molecule has 2 nitrogen and oxygen atoms in total. The van der Waals surface area contributed by atoms with Crippen molar-refractivity contribution in [3.63, 3.8) is 0 Å². The number of hydrogen-bond acceptors (Lipinski definition) is 2. The molecule has 0 saturated carbocycles. The van der Waals surface area contributed by atoms with Gasteiger partial charge in [-0.3, -0.25) is 0 Å². The molecule has 1 aromatic rings. The van der Waals surface area contributed by atoms with E-state index >= 15 is 0 Å². The SMILES string of the molecule is CNCCc1c(C)cc(OC)c(C)c1C. The number of benzene rings is 1. The normalized spacial score (nSPS) is 10.5. The first-order valence-electron chi connectivity index (χ1n) is 5.40. The standard InChI is InChI=1S/C13H21NO/c1-9-8-13(15-5)11(3)10(2)12(9)6-7-14-4/h8,14H,6-7H2,1-5H3. The van der Waals surface area contributed by atoms with Crippen molar-refractivity contribution in [2.45, 2.75) is 27.2 Å². The van der Waals surface area contributed by atoms with Crippen molar-refractivity contribution < 1.29 is 4.74 Å². The van der Waals surface area contributed by atoms with Crippen LogP contribution in [0, 0.1) is 20.8 Å². The Kier molecular flexibility index (Phi) is 4.15. The van der Waals surface area contributed by atoms with Gasteiger partial charge in [0.15, 0.2) is 0 Å². The Morgan fingerprint density at radius 2 is 1.87 bits per heavy atom. The zero-order valence-electron chi connectivity index (χ0n) is 10.4. The van der Waals surface area contributed by atoms with E-state index in [0.29, 0.717) is 0 Å². The van der Waals surface area contributed by atoms with Gasteiger partial charge in [0, 0.05) is 0 Å². The lowest BCUT2D eigenvalue weighted by atomic mass is 9.95. The van der Waals surface area contributed by atoms with E-state index in [1.165, 1.54) is 22.3 Å². The Morgan fingerprint density at radius 3 is 2.40 bits per heavy atom. The van der Waals surface area contributed by atoms with Gasteiger partial charge in [0.2, 0.25) is 0 Å². The topological polar surface area (TPSA) is 21.3 Å². The van der Waals surface area contributed by atoms with Crippen LogP contribution in [0.3, 0.4) is 0 Å². The van der Waals surface area contributed by atoms with Gasteiger partial charge < -0.3 is 10.1 Å². The fraction of sp³-hybridized carbons (Fsp3) is 0.538. The molecule has 0 aliphatic heterocycles. The van der Waals surface area contributed by atoms with E-state index in [9.17, 15) is 0 Å². The van der Waals surface area contributed by atoms with Crippen molar-refractivity contribution in [1.29, 1.82) is 0 Å². The monoisotopic (exact) mass is 207 g/mol. The van der Waals surface area contributed by atoms with Crippen LogP contribution in [0.1, 0.15) is 22.3 Å². The zero-order valence-corrected chi connectivity index (χ0v) is 10.4. The van der Waals surface area contributed by atoms with Crippen LogP contribution in [-0.4, -0.2) is 20.7 Å². The first-order valence-corrected chi connectivity index (χ1v) is 5.40. The predicted molar refractivity (Wildman–Crippen MR) is 64.8 cm³/mol. The molecule has 0 aliphatic rings. The van der Waals surface area contributed by atoms with Crippen molar-refractivity contribution in [1.82, 2.24) is 5.32 Å². The summed E-state index contributed by atoms with van der Waals surface area (Å²) in [7, 11) is 3.72. The van der Waals surface area contributed by atoms with Crippen LogP contribution in [0.4, 0.5) is 0 Å². The lowest BCUT2D eigenvalue weighted by molar-refractivity contribution is 0.410. The number of methoxy groups -OCH3 is 1. The predicted octanol–water partition coefficient (Wildman–Crippen LogP) is 2.38. The van der Waals surface area contributed by atoms with Gasteiger partial charge in [0.05, 0.1) is 7.11 Å². The first kappa shape index (κ1) is 12.1. The zero-order chi connectivity index (χ0) is 11.4. The molecule has 0 radical (unpaired) electrons. The summed E-state index contributed by atoms with van der Waals surface area (Å²) in [5.41, 5.74) is 5.39. The Morgan fingerprint density at radius 1 is 1.20 bits per heavy atom. The average Bonchev–Trinajstić information content (AvgIpc) is 2.23. The van der Waals surface area contributed by atoms with Gasteiger partial charge in [-0.15, -0.1) is 0 Å². The fourth-order valence-electron chi connectivity index (χ4n) is 1.95. The van der Waals surface area contributed by atoms with Gasteiger partial charge in [-0.25, -0.2) is 0 Å². The molecule has 1 aromatic carbocycles. The molecule has 1 N–H and O–H groups in total. The lowest BCUT2D eigenvalue weighted by Gasteiger charge is -2.15. The number of likely N-dealkylation sites (N-methyl/N-ethyl adjacent to an activating group) is 1. The van der Waals surface area contributed by atoms with E-state index in [0.717, 1.165) is 18.7 Å². The van der Waals surface area contributed by atoms with E-state index in [1.54, 1.807) is 7.11 Å². The second-order valence-corrected chi connectivity index (χ2v) is 3.98. The van der Waals surface area contributed by atoms with Crippen molar-refractivity contribution in [3.05, 3.63) is 28.3 Å². The maximum atomic E-state index is 5.35. The summed E-state index contributed by atoms with van der Waals surface area (Å²) >= 11 is 0. The summed E-state index contributed by atoms with van der Waals surface area (Å²) in [6.45, 7) is 7.47. The van der Waals surface area contributed by atoms with Gasteiger partial charge >= 0.3 is 0 Å². The molecule has 1 rings (SSSR count). The highest BCUT2D eigenvalue weighted by Crippen LogP contribution is 2.27. The van der Waals surface area contributed by atoms with Crippen LogP contribution in [0.15, 0.2) is 6.07 Å². The van der Waals surface area contributed by atoms with Crippen molar-refractivity contribution in [2.24, 2.45) is 0 Å². The molecule has 15 heavy (non-hydrogen) atoms. The summed E-state index contributed by atoms with van der Waals surface area (Å²) in [5.74, 6) is 0.998. The summed E-state index contributed by atoms with van der Waals surface area (Å²) in [5, 5.41) is 3.19. The third-order valence-corrected chi connectivity index (χ3v) is 3.05. The van der Waals surface area contributed by atoms with Crippen molar-refractivity contribution in [3.8, 4) is 5.75 Å². The number of nitrogens with one attached hydrogen (secondary N) is 1. The quantitative estimate of drug-likeness (QED) is 0.818. The Hall–Kier alpha value is -1.02. The van der Waals surface area contributed by atoms with Gasteiger partial charge in [-0.05, 0) is 69.1 Å². The van der Waals surface area contributed by atoms with Crippen LogP contribution in [-0.2, 0) is 6.42 Å². The number of aryl methyl sites for hydroxylation is 1. The smallest absolute Gasteiger partial charge is 0.122 e. The van der Waals surface area contributed by atoms with Crippen LogP contribution in [0.5, 0.6) is 5.75 Å². The van der Waals surface area contributed by atoms with E-state index in [-0.39, 0.29) is 0 Å². The molecule has 0 heterocycles. The van der Waals surface area contributed by atoms with Crippen LogP contribution in [0.2, 0.25) is 0 Å². The molecular weight excluding hydrogens is 186 g/mol. The fourth-order valence-corrected chi connectivity index (χ4v) is 1.95. The summed E-state index contributed by atoms with van der Waals surface area (Å²) in [6, 6.07) is 2.13. The van der Waals surface area contributed by atoms with Crippen LogP contribution in [0.25, 0.3) is 0 Å². The van der Waals surface area contributed by atoms with Crippen LogP contribution < -0.4 is 10.1 Å². The molecule has 0 aliphatic carbocycles. The molecule has 0 bridgehead atoms. The highest BCUT2D eigenvalue weighted by molar-refractivity contribution is 5.48. The average molecular weight is 207 g/mol. The largest absolute Gasteiger partial charge is 0.496 e. The van der Waals surface area contributed by atoms with Gasteiger partial charge in [-0.1, -0.05) is 0 Å². The third-order valence-electron chi connectivity index (χ3n) is 3.05. The molecule has 84 valence electrons. The summed E-state index contributed by atoms with van der Waals surface area (Å²) in [4.78, 5) is 0. The molecule has 0 saturated heterocycles. The van der Waals surface area contributed by atoms with Crippen LogP contribution >= 0.6 is 0 Å². The van der Waals surface area contributed by atoms with Crippen molar-refractivity contribution in [2.75, 3.05) is 20.7 Å². The second kappa shape index (κ2) is 5.17. The number of hydrogen-bond donors (Lipinski definition) is 1. The first-order chi connectivity index (χ1) is 7.11. The summed E-state index contributed by atoms with van der Waals surface area (Å²) < 4.78 is 5.35. The maximum absolute atomic E-state index is 5.35. The van der Waals surface area contributed by atoms with E-state index in [1.807, 2.05) is 7.05 Å². The molecule has 0 spiro atoms. The van der Waals surface area contributed by atoms with E-state index in [2.05, 4.69) is 32.2 Å². The summed E-state index contributed by atoms with van der Waals surface area (Å²) in [6.07, 6.45) is 1.08. The second-order valence-electron chi connectivity index (χ2n) is 3.98. The molecule has 0 unspecified atom stereocenters. The number of rotatable bonds is 4. The minimum Gasteiger partial charge on any atom is -0.496 e. The minimum absolute atomic E-state index is 0.998. The molecule has 0 amide bonds. The third kappa shape index (κ3) is 2.51. The molecule has 0 atom stereocenters. The molecular formula is C13H21NO. The van der Waals surface area contributed by atoms with Gasteiger partial charge in [0.1, 0.15) is 5.75 Å².